The number of carbonyl (C=O) groups excluding carboxylic acids is 1. The van der Waals surface area contributed by atoms with E-state index >= 15 is 0 Å². The fourth-order valence-corrected chi connectivity index (χ4v) is 6.40. The van der Waals surface area contributed by atoms with Gasteiger partial charge < -0.3 is 0 Å². The van der Waals surface area contributed by atoms with Crippen molar-refractivity contribution in [1.82, 2.24) is 0 Å². The first-order valence-corrected chi connectivity index (χ1v) is 10.3. The standard InChI is InChI=1S/C23H26ClNO/c1-22(2)13-17-8-18(24)3-4-19(17)20(25-22)9-21(26)23-10-14-5-15(11-23)7-16(6-14)12-23/h3-4,8,10,15-16H,5-7,9,11-13H2,1-2H3. The van der Waals surface area contributed by atoms with Gasteiger partial charge in [-0.3, -0.25) is 9.79 Å². The van der Waals surface area contributed by atoms with Crippen molar-refractivity contribution in [3.05, 3.63) is 46.0 Å². The molecule has 136 valence electrons. The molecule has 2 saturated carbocycles. The number of aliphatic imine (C=N–C) groups is 1. The summed E-state index contributed by atoms with van der Waals surface area (Å²) in [5.41, 5.74) is 4.49. The number of hydrogen-bond acceptors (Lipinski definition) is 2. The number of carbonyl (C=O) groups is 1. The smallest absolute Gasteiger partial charge is 0.148 e. The molecule has 26 heavy (non-hydrogen) atoms. The highest BCUT2D eigenvalue weighted by molar-refractivity contribution is 6.31. The van der Waals surface area contributed by atoms with Gasteiger partial charge in [-0.2, -0.15) is 0 Å². The molecule has 0 amide bonds. The lowest BCUT2D eigenvalue weighted by Gasteiger charge is -2.51. The van der Waals surface area contributed by atoms with Crippen LogP contribution in [-0.2, 0) is 11.2 Å². The van der Waals surface area contributed by atoms with E-state index in [1.807, 2.05) is 12.1 Å². The average molecular weight is 368 g/mol. The van der Waals surface area contributed by atoms with E-state index in [9.17, 15) is 4.79 Å². The normalized spacial score (nSPS) is 33.5. The van der Waals surface area contributed by atoms with E-state index in [1.165, 1.54) is 24.8 Å². The van der Waals surface area contributed by atoms with E-state index in [0.29, 0.717) is 12.2 Å². The maximum atomic E-state index is 13.5. The SMILES string of the molecule is CC1(C)Cc2cc(Cl)ccc2C(CC(=O)C23C=C4CC(CC(C4)C2)C3)=N1. The van der Waals surface area contributed by atoms with Crippen molar-refractivity contribution >= 4 is 23.1 Å². The van der Waals surface area contributed by atoms with Gasteiger partial charge in [-0.15, -0.1) is 0 Å². The molecule has 0 N–H and O–H groups in total. The molecule has 1 aliphatic heterocycles. The molecule has 0 saturated heterocycles. The summed E-state index contributed by atoms with van der Waals surface area (Å²) in [6, 6.07) is 6.02. The van der Waals surface area contributed by atoms with Gasteiger partial charge in [0.05, 0.1) is 11.3 Å². The Bertz CT molecular complexity index is 847. The van der Waals surface area contributed by atoms with Gasteiger partial charge >= 0.3 is 0 Å². The zero-order valence-corrected chi connectivity index (χ0v) is 16.4. The molecule has 0 spiro atoms. The molecule has 1 heterocycles. The third-order valence-corrected chi connectivity index (χ3v) is 7.11. The van der Waals surface area contributed by atoms with Gasteiger partial charge in [-0.05, 0) is 87.5 Å². The van der Waals surface area contributed by atoms with Gasteiger partial charge in [0.2, 0.25) is 0 Å². The van der Waals surface area contributed by atoms with E-state index in [1.54, 1.807) is 5.57 Å². The fourth-order valence-electron chi connectivity index (χ4n) is 6.21. The third-order valence-electron chi connectivity index (χ3n) is 6.88. The van der Waals surface area contributed by atoms with Gasteiger partial charge in [-0.25, -0.2) is 0 Å². The molecular formula is C23H26ClNO. The van der Waals surface area contributed by atoms with E-state index in [2.05, 4.69) is 26.0 Å². The Labute approximate surface area is 160 Å². The minimum atomic E-state index is -0.198. The lowest BCUT2D eigenvalue weighted by Crippen LogP contribution is -2.45. The topological polar surface area (TPSA) is 29.4 Å². The van der Waals surface area contributed by atoms with Crippen molar-refractivity contribution in [2.24, 2.45) is 22.2 Å². The highest BCUT2D eigenvalue weighted by atomic mass is 35.5. The lowest BCUT2D eigenvalue weighted by atomic mass is 9.53. The maximum absolute atomic E-state index is 13.5. The number of Topliss-reactive ketones (excluding diaryl/α,β-unsaturated/α-hetero) is 1. The summed E-state index contributed by atoms with van der Waals surface area (Å²) in [6.45, 7) is 4.29. The highest BCUT2D eigenvalue weighted by Gasteiger charge is 2.50. The number of allylic oxidation sites excluding steroid dienone is 2. The molecule has 2 unspecified atom stereocenters. The number of rotatable bonds is 3. The van der Waals surface area contributed by atoms with Crippen LogP contribution in [0.25, 0.3) is 0 Å². The van der Waals surface area contributed by atoms with Gasteiger partial charge in [0, 0.05) is 16.9 Å². The summed E-state index contributed by atoms with van der Waals surface area (Å²) in [5, 5.41) is 0.762. The summed E-state index contributed by atoms with van der Waals surface area (Å²) in [4.78, 5) is 18.5. The molecular weight excluding hydrogens is 342 g/mol. The Morgan fingerprint density at radius 1 is 1.23 bits per heavy atom. The lowest BCUT2D eigenvalue weighted by molar-refractivity contribution is -0.129. The Morgan fingerprint density at radius 3 is 2.65 bits per heavy atom. The maximum Gasteiger partial charge on any atom is 0.148 e. The second kappa shape index (κ2) is 5.55. The van der Waals surface area contributed by atoms with Crippen LogP contribution in [0.5, 0.6) is 0 Å². The number of hydrogen-bond donors (Lipinski definition) is 0. The molecule has 2 nitrogen and oxygen atoms in total. The molecule has 5 aliphatic rings. The molecule has 1 aromatic rings. The van der Waals surface area contributed by atoms with E-state index in [-0.39, 0.29) is 11.0 Å². The quantitative estimate of drug-likeness (QED) is 0.643. The van der Waals surface area contributed by atoms with Gasteiger partial charge in [-0.1, -0.05) is 29.3 Å². The van der Waals surface area contributed by atoms with Crippen LogP contribution < -0.4 is 0 Å². The summed E-state index contributed by atoms with van der Waals surface area (Å²) < 4.78 is 0. The monoisotopic (exact) mass is 367 g/mol. The highest BCUT2D eigenvalue weighted by Crippen LogP contribution is 2.57. The van der Waals surface area contributed by atoms with Crippen molar-refractivity contribution in [2.75, 3.05) is 0 Å². The fraction of sp³-hybridized carbons (Fsp3) is 0.565. The predicted octanol–water partition coefficient (Wildman–Crippen LogP) is 5.56. The molecule has 1 aromatic carbocycles. The number of halogens is 1. The zero-order chi connectivity index (χ0) is 18.1. The molecule has 3 heteroatoms. The first kappa shape index (κ1) is 16.7. The molecule has 6 rings (SSSR count). The Morgan fingerprint density at radius 2 is 1.96 bits per heavy atom. The number of ketones is 1. The van der Waals surface area contributed by atoms with Crippen LogP contribution in [-0.4, -0.2) is 17.0 Å². The predicted molar refractivity (Wildman–Crippen MR) is 106 cm³/mol. The van der Waals surface area contributed by atoms with Crippen molar-refractivity contribution in [1.29, 1.82) is 0 Å². The van der Waals surface area contributed by atoms with Gasteiger partial charge in [0.15, 0.2) is 0 Å². The van der Waals surface area contributed by atoms with Crippen LogP contribution in [0.15, 0.2) is 34.8 Å². The summed E-state index contributed by atoms with van der Waals surface area (Å²) >= 11 is 6.22. The van der Waals surface area contributed by atoms with E-state index in [0.717, 1.165) is 47.4 Å². The third kappa shape index (κ3) is 2.69. The first-order chi connectivity index (χ1) is 12.3. The van der Waals surface area contributed by atoms with Gasteiger partial charge in [0.25, 0.3) is 0 Å². The molecule has 2 fully saturated rings. The van der Waals surface area contributed by atoms with Crippen LogP contribution in [0, 0.1) is 17.3 Å². The van der Waals surface area contributed by atoms with Crippen molar-refractivity contribution in [2.45, 2.75) is 64.3 Å². The molecule has 2 atom stereocenters. The van der Waals surface area contributed by atoms with Crippen LogP contribution in [0.3, 0.4) is 0 Å². The van der Waals surface area contributed by atoms with E-state index < -0.39 is 0 Å². The van der Waals surface area contributed by atoms with E-state index in [4.69, 9.17) is 16.6 Å². The Balaban J connectivity index is 1.49. The van der Waals surface area contributed by atoms with Crippen LogP contribution in [0.1, 0.15) is 63.5 Å². The molecule has 4 bridgehead atoms. The summed E-state index contributed by atoms with van der Waals surface area (Å²) in [6.07, 6.45) is 9.63. The van der Waals surface area contributed by atoms with Crippen LogP contribution in [0.2, 0.25) is 5.02 Å². The van der Waals surface area contributed by atoms with Crippen molar-refractivity contribution in [3.8, 4) is 0 Å². The first-order valence-electron chi connectivity index (χ1n) is 9.93. The summed E-state index contributed by atoms with van der Waals surface area (Å²) in [5.74, 6) is 1.87. The molecule has 4 aliphatic carbocycles. The number of fused-ring (bicyclic) bond motifs is 1. The largest absolute Gasteiger partial charge is 0.298 e. The molecule has 0 aromatic heterocycles. The van der Waals surface area contributed by atoms with Crippen LogP contribution in [0.4, 0.5) is 0 Å². The molecule has 0 radical (unpaired) electrons. The van der Waals surface area contributed by atoms with Crippen molar-refractivity contribution < 1.29 is 4.79 Å². The zero-order valence-electron chi connectivity index (χ0n) is 15.6. The summed E-state index contributed by atoms with van der Waals surface area (Å²) in [7, 11) is 0. The Hall–Kier alpha value is -1.41. The second-order valence-electron chi connectivity index (χ2n) is 9.69. The van der Waals surface area contributed by atoms with Crippen LogP contribution >= 0.6 is 11.6 Å². The minimum Gasteiger partial charge on any atom is -0.298 e. The number of benzene rings is 1. The number of nitrogens with zero attached hydrogens (tertiary/aromatic N) is 1. The second-order valence-corrected chi connectivity index (χ2v) is 10.1. The van der Waals surface area contributed by atoms with Gasteiger partial charge in [0.1, 0.15) is 5.78 Å². The minimum absolute atomic E-state index is 0.173. The average Bonchev–Trinajstić information content (AvgIpc) is 2.51. The van der Waals surface area contributed by atoms with Crippen molar-refractivity contribution in [3.63, 3.8) is 0 Å². The Kier molecular flexibility index (Phi) is 3.57.